The van der Waals surface area contributed by atoms with Gasteiger partial charge in [0.1, 0.15) is 5.75 Å². The third kappa shape index (κ3) is 5.13. The van der Waals surface area contributed by atoms with Crippen molar-refractivity contribution in [2.24, 2.45) is 0 Å². The first-order valence-corrected chi connectivity index (χ1v) is 9.33. The van der Waals surface area contributed by atoms with Gasteiger partial charge in [-0.15, -0.1) is 5.10 Å². The van der Waals surface area contributed by atoms with Crippen LogP contribution in [0.25, 0.3) is 11.8 Å². The molecule has 30 heavy (non-hydrogen) atoms. The van der Waals surface area contributed by atoms with Gasteiger partial charge in [-0.1, -0.05) is 6.07 Å². The van der Waals surface area contributed by atoms with E-state index in [-0.39, 0.29) is 12.5 Å². The van der Waals surface area contributed by atoms with E-state index in [1.165, 1.54) is 6.08 Å². The van der Waals surface area contributed by atoms with Gasteiger partial charge in [0.15, 0.2) is 17.3 Å². The van der Waals surface area contributed by atoms with E-state index in [4.69, 9.17) is 14.2 Å². The van der Waals surface area contributed by atoms with E-state index in [0.717, 1.165) is 17.0 Å². The summed E-state index contributed by atoms with van der Waals surface area (Å²) in [5, 5.41) is 14.5. The molecule has 3 aromatic rings. The van der Waals surface area contributed by atoms with Gasteiger partial charge in [0.25, 0.3) is 0 Å². The summed E-state index contributed by atoms with van der Waals surface area (Å²) in [4.78, 5) is 12.2. The highest BCUT2D eigenvalue weighted by Gasteiger charge is 2.09. The number of amides is 1. The largest absolute Gasteiger partial charge is 0.494 e. The summed E-state index contributed by atoms with van der Waals surface area (Å²) >= 11 is 0. The molecule has 1 amide bonds. The van der Waals surface area contributed by atoms with Gasteiger partial charge in [-0.05, 0) is 65.4 Å². The Morgan fingerprint density at radius 2 is 1.87 bits per heavy atom. The van der Waals surface area contributed by atoms with Crippen LogP contribution in [-0.2, 0) is 11.3 Å². The van der Waals surface area contributed by atoms with Crippen LogP contribution in [0.5, 0.6) is 17.2 Å². The molecule has 0 saturated heterocycles. The van der Waals surface area contributed by atoms with Crippen molar-refractivity contribution in [3.05, 3.63) is 59.9 Å². The summed E-state index contributed by atoms with van der Waals surface area (Å²) in [5.74, 6) is 2.22. The maximum atomic E-state index is 12.2. The zero-order valence-electron chi connectivity index (χ0n) is 17.0. The van der Waals surface area contributed by atoms with Crippen LogP contribution in [-0.4, -0.2) is 46.9 Å². The predicted molar refractivity (Wildman–Crippen MR) is 111 cm³/mol. The molecule has 0 atom stereocenters. The zero-order chi connectivity index (χ0) is 21.3. The topological polar surface area (TPSA) is 100 Å². The number of tetrazole rings is 1. The summed E-state index contributed by atoms with van der Waals surface area (Å²) in [6.07, 6.45) is 3.12. The first kappa shape index (κ1) is 20.8. The number of rotatable bonds is 9. The van der Waals surface area contributed by atoms with E-state index in [2.05, 4.69) is 20.8 Å². The average molecular weight is 409 g/mol. The van der Waals surface area contributed by atoms with Gasteiger partial charge in [0.05, 0.1) is 33.1 Å². The summed E-state index contributed by atoms with van der Waals surface area (Å²) in [6, 6.07) is 12.8. The van der Waals surface area contributed by atoms with Gasteiger partial charge in [0, 0.05) is 6.08 Å². The fourth-order valence-electron chi connectivity index (χ4n) is 2.72. The normalized spacial score (nSPS) is 10.8. The SMILES string of the molecule is CCOc1ccc(-n2nnnc2CNC(=O)/C=C\c2ccc(OC)c(OC)c2)cc1. The Morgan fingerprint density at radius 1 is 1.10 bits per heavy atom. The lowest BCUT2D eigenvalue weighted by Crippen LogP contribution is -2.22. The Hall–Kier alpha value is -3.88. The molecule has 2 aromatic carbocycles. The second-order valence-corrected chi connectivity index (χ2v) is 6.10. The molecule has 0 aliphatic heterocycles. The van der Waals surface area contributed by atoms with Crippen molar-refractivity contribution in [2.45, 2.75) is 13.5 Å². The molecule has 0 aliphatic carbocycles. The first-order valence-electron chi connectivity index (χ1n) is 9.33. The van der Waals surface area contributed by atoms with Crippen molar-refractivity contribution in [3.63, 3.8) is 0 Å². The first-order chi connectivity index (χ1) is 14.6. The molecule has 1 heterocycles. The lowest BCUT2D eigenvalue weighted by Gasteiger charge is -2.08. The third-order valence-electron chi connectivity index (χ3n) is 4.18. The van der Waals surface area contributed by atoms with Crippen LogP contribution in [0.2, 0.25) is 0 Å². The quantitative estimate of drug-likeness (QED) is 0.542. The fourth-order valence-corrected chi connectivity index (χ4v) is 2.72. The molecule has 0 fully saturated rings. The predicted octanol–water partition coefficient (Wildman–Crippen LogP) is 2.41. The number of hydrogen-bond donors (Lipinski definition) is 1. The van der Waals surface area contributed by atoms with Crippen molar-refractivity contribution < 1.29 is 19.0 Å². The second-order valence-electron chi connectivity index (χ2n) is 6.10. The van der Waals surface area contributed by atoms with Crippen molar-refractivity contribution in [2.75, 3.05) is 20.8 Å². The van der Waals surface area contributed by atoms with Crippen molar-refractivity contribution in [1.82, 2.24) is 25.5 Å². The number of benzene rings is 2. The number of carbonyl (C=O) groups is 1. The molecule has 3 rings (SSSR count). The standard InChI is InChI=1S/C21H23N5O4/c1-4-30-17-9-7-16(8-10-17)26-20(23-24-25-26)14-22-21(27)12-6-15-5-11-18(28-2)19(13-15)29-3/h5-13H,4,14H2,1-3H3,(H,22,27)/b12-6-. The fraction of sp³-hybridized carbons (Fsp3) is 0.238. The molecule has 0 unspecified atom stereocenters. The van der Waals surface area contributed by atoms with Crippen LogP contribution in [0.15, 0.2) is 48.5 Å². The van der Waals surface area contributed by atoms with Crippen LogP contribution in [0, 0.1) is 0 Å². The minimum atomic E-state index is -0.272. The minimum Gasteiger partial charge on any atom is -0.494 e. The molecule has 9 heteroatoms. The number of nitrogens with one attached hydrogen (secondary N) is 1. The Balaban J connectivity index is 1.62. The summed E-state index contributed by atoms with van der Waals surface area (Å²) in [7, 11) is 3.13. The van der Waals surface area contributed by atoms with Crippen LogP contribution in [0.1, 0.15) is 18.3 Å². The molecule has 0 radical (unpaired) electrons. The van der Waals surface area contributed by atoms with E-state index in [1.807, 2.05) is 37.3 Å². The number of nitrogens with zero attached hydrogens (tertiary/aromatic N) is 4. The van der Waals surface area contributed by atoms with Gasteiger partial charge in [0.2, 0.25) is 5.91 Å². The summed E-state index contributed by atoms with van der Waals surface area (Å²) < 4.78 is 17.5. The smallest absolute Gasteiger partial charge is 0.244 e. The molecule has 0 saturated carbocycles. The minimum absolute atomic E-state index is 0.176. The molecule has 9 nitrogen and oxygen atoms in total. The van der Waals surface area contributed by atoms with Crippen LogP contribution < -0.4 is 19.5 Å². The maximum Gasteiger partial charge on any atom is 0.244 e. The Labute approximate surface area is 174 Å². The van der Waals surface area contributed by atoms with Gasteiger partial charge in [-0.25, -0.2) is 0 Å². The maximum absolute atomic E-state index is 12.2. The van der Waals surface area contributed by atoms with Gasteiger partial charge < -0.3 is 19.5 Å². The van der Waals surface area contributed by atoms with E-state index >= 15 is 0 Å². The second kappa shape index (κ2) is 10.1. The van der Waals surface area contributed by atoms with E-state index in [9.17, 15) is 4.79 Å². The van der Waals surface area contributed by atoms with Crippen molar-refractivity contribution in [3.8, 4) is 22.9 Å². The van der Waals surface area contributed by atoms with E-state index in [1.54, 1.807) is 37.1 Å². The molecule has 1 aromatic heterocycles. The van der Waals surface area contributed by atoms with Crippen LogP contribution in [0.3, 0.4) is 0 Å². The van der Waals surface area contributed by atoms with Crippen molar-refractivity contribution in [1.29, 1.82) is 0 Å². The van der Waals surface area contributed by atoms with Gasteiger partial charge in [-0.2, -0.15) is 4.68 Å². The molecule has 1 N–H and O–H groups in total. The number of hydrogen-bond acceptors (Lipinski definition) is 7. The van der Waals surface area contributed by atoms with Crippen LogP contribution >= 0.6 is 0 Å². The molecular formula is C21H23N5O4. The molecule has 0 bridgehead atoms. The molecular weight excluding hydrogens is 386 g/mol. The monoisotopic (exact) mass is 409 g/mol. The Morgan fingerprint density at radius 3 is 2.57 bits per heavy atom. The van der Waals surface area contributed by atoms with E-state index < -0.39 is 0 Å². The average Bonchev–Trinajstić information content (AvgIpc) is 3.25. The Kier molecular flexibility index (Phi) is 6.99. The lowest BCUT2D eigenvalue weighted by molar-refractivity contribution is -0.116. The summed E-state index contributed by atoms with van der Waals surface area (Å²) in [6.45, 7) is 2.70. The number of methoxy groups -OCH3 is 2. The zero-order valence-corrected chi connectivity index (χ0v) is 17.0. The lowest BCUT2D eigenvalue weighted by atomic mass is 10.2. The molecule has 156 valence electrons. The molecule has 0 aliphatic rings. The summed E-state index contributed by atoms with van der Waals surface area (Å²) in [5.41, 5.74) is 1.58. The highest BCUT2D eigenvalue weighted by atomic mass is 16.5. The highest BCUT2D eigenvalue weighted by Crippen LogP contribution is 2.27. The third-order valence-corrected chi connectivity index (χ3v) is 4.18. The van der Waals surface area contributed by atoms with Gasteiger partial charge >= 0.3 is 0 Å². The van der Waals surface area contributed by atoms with Crippen molar-refractivity contribution >= 4 is 12.0 Å². The number of carbonyl (C=O) groups excluding carboxylic acids is 1. The number of ether oxygens (including phenoxy) is 3. The molecule has 0 spiro atoms. The highest BCUT2D eigenvalue weighted by molar-refractivity contribution is 5.91. The number of aromatic nitrogens is 4. The Bertz CT molecular complexity index is 1010. The van der Waals surface area contributed by atoms with Crippen LogP contribution in [0.4, 0.5) is 0 Å². The van der Waals surface area contributed by atoms with E-state index in [0.29, 0.717) is 23.9 Å². The van der Waals surface area contributed by atoms with Gasteiger partial charge in [-0.3, -0.25) is 4.79 Å².